The van der Waals surface area contributed by atoms with Gasteiger partial charge in [-0.15, -0.1) is 0 Å². The normalized spacial score (nSPS) is 11.0. The molecular formula is C11H15BrFN. The highest BCUT2D eigenvalue weighted by atomic mass is 79.9. The first-order valence-corrected chi connectivity index (χ1v) is 5.53. The van der Waals surface area contributed by atoms with Gasteiger partial charge in [-0.1, -0.05) is 19.9 Å². The van der Waals surface area contributed by atoms with Gasteiger partial charge < -0.3 is 5.73 Å². The Hall–Kier alpha value is -0.410. The second-order valence-electron chi connectivity index (χ2n) is 3.67. The molecule has 1 aromatic rings. The first-order valence-electron chi connectivity index (χ1n) is 4.74. The Morgan fingerprint density at radius 1 is 1.43 bits per heavy atom. The van der Waals surface area contributed by atoms with Gasteiger partial charge in [0.05, 0.1) is 4.47 Å². The van der Waals surface area contributed by atoms with E-state index in [0.717, 1.165) is 17.5 Å². The van der Waals surface area contributed by atoms with Crippen molar-refractivity contribution >= 4 is 15.9 Å². The minimum Gasteiger partial charge on any atom is -0.330 e. The summed E-state index contributed by atoms with van der Waals surface area (Å²) in [5.74, 6) is 0.0461. The van der Waals surface area contributed by atoms with Gasteiger partial charge in [0.15, 0.2) is 0 Å². The Bertz CT molecular complexity index is 323. The number of hydrogen-bond acceptors (Lipinski definition) is 1. The van der Waals surface area contributed by atoms with Crippen LogP contribution < -0.4 is 5.73 Å². The van der Waals surface area contributed by atoms with Crippen LogP contribution in [-0.4, -0.2) is 6.54 Å². The third kappa shape index (κ3) is 2.55. The van der Waals surface area contributed by atoms with Gasteiger partial charge in [-0.05, 0) is 52.0 Å². The monoisotopic (exact) mass is 259 g/mol. The Morgan fingerprint density at radius 3 is 2.57 bits per heavy atom. The van der Waals surface area contributed by atoms with Gasteiger partial charge in [0, 0.05) is 0 Å². The third-order valence-electron chi connectivity index (χ3n) is 2.17. The van der Waals surface area contributed by atoms with Crippen molar-refractivity contribution in [3.05, 3.63) is 33.5 Å². The van der Waals surface area contributed by atoms with E-state index in [1.54, 1.807) is 6.07 Å². The highest BCUT2D eigenvalue weighted by Crippen LogP contribution is 2.26. The molecule has 2 N–H and O–H groups in total. The Labute approximate surface area is 92.6 Å². The lowest BCUT2D eigenvalue weighted by molar-refractivity contribution is 0.590. The van der Waals surface area contributed by atoms with Crippen molar-refractivity contribution in [3.8, 4) is 0 Å². The second kappa shape index (κ2) is 4.89. The van der Waals surface area contributed by atoms with Crippen molar-refractivity contribution in [1.29, 1.82) is 0 Å². The molecule has 1 rings (SSSR count). The van der Waals surface area contributed by atoms with Gasteiger partial charge in [0.25, 0.3) is 0 Å². The van der Waals surface area contributed by atoms with Crippen LogP contribution in [0.1, 0.15) is 30.9 Å². The fourth-order valence-corrected chi connectivity index (χ4v) is 1.92. The first-order chi connectivity index (χ1) is 6.56. The molecule has 0 fully saturated rings. The van der Waals surface area contributed by atoms with Crippen molar-refractivity contribution in [2.24, 2.45) is 5.73 Å². The number of nitrogens with two attached hydrogens (primary N) is 1. The average Bonchev–Trinajstić information content (AvgIpc) is 2.11. The number of hydrogen-bond donors (Lipinski definition) is 1. The summed E-state index contributed by atoms with van der Waals surface area (Å²) >= 11 is 3.22. The minimum absolute atomic E-state index is 0.152. The SMILES string of the molecule is CC(C)c1cc(CCN)cc(Br)c1F. The van der Waals surface area contributed by atoms with Gasteiger partial charge in [-0.25, -0.2) is 4.39 Å². The third-order valence-corrected chi connectivity index (χ3v) is 2.75. The predicted molar refractivity (Wildman–Crippen MR) is 60.9 cm³/mol. The largest absolute Gasteiger partial charge is 0.330 e. The maximum atomic E-state index is 13.6. The van der Waals surface area contributed by atoms with E-state index in [4.69, 9.17) is 5.73 Å². The molecule has 0 spiro atoms. The lowest BCUT2D eigenvalue weighted by Gasteiger charge is -2.11. The molecule has 0 unspecified atom stereocenters. The molecule has 1 nitrogen and oxygen atoms in total. The predicted octanol–water partition coefficient (Wildman–Crippen LogP) is 3.21. The summed E-state index contributed by atoms with van der Waals surface area (Å²) < 4.78 is 14.1. The Kier molecular flexibility index (Phi) is 4.08. The second-order valence-corrected chi connectivity index (χ2v) is 4.53. The molecule has 0 saturated carbocycles. The molecule has 0 atom stereocenters. The summed E-state index contributed by atoms with van der Waals surface area (Å²) in [6.45, 7) is 4.56. The Morgan fingerprint density at radius 2 is 2.07 bits per heavy atom. The summed E-state index contributed by atoms with van der Waals surface area (Å²) in [5.41, 5.74) is 7.31. The fraction of sp³-hybridized carbons (Fsp3) is 0.455. The molecule has 0 bridgehead atoms. The molecule has 0 amide bonds. The van der Waals surface area contributed by atoms with Crippen LogP contribution in [0.25, 0.3) is 0 Å². The van der Waals surface area contributed by atoms with Crippen LogP contribution >= 0.6 is 15.9 Å². The quantitative estimate of drug-likeness (QED) is 0.887. The van der Waals surface area contributed by atoms with Gasteiger partial charge in [0.1, 0.15) is 5.82 Å². The minimum atomic E-state index is -0.152. The van der Waals surface area contributed by atoms with Gasteiger partial charge in [-0.3, -0.25) is 0 Å². The van der Waals surface area contributed by atoms with Gasteiger partial charge in [0.2, 0.25) is 0 Å². The average molecular weight is 260 g/mol. The highest BCUT2D eigenvalue weighted by Gasteiger charge is 2.11. The van der Waals surface area contributed by atoms with Crippen molar-refractivity contribution < 1.29 is 4.39 Å². The molecule has 14 heavy (non-hydrogen) atoms. The van der Waals surface area contributed by atoms with Crippen LogP contribution in [0.3, 0.4) is 0 Å². The van der Waals surface area contributed by atoms with E-state index >= 15 is 0 Å². The van der Waals surface area contributed by atoms with E-state index in [1.807, 2.05) is 19.9 Å². The summed E-state index contributed by atoms with van der Waals surface area (Å²) in [4.78, 5) is 0. The van der Waals surface area contributed by atoms with Gasteiger partial charge >= 0.3 is 0 Å². The number of rotatable bonds is 3. The van der Waals surface area contributed by atoms with Crippen LogP contribution in [0.4, 0.5) is 4.39 Å². The number of halogens is 2. The molecule has 0 radical (unpaired) electrons. The summed E-state index contributed by atoms with van der Waals surface area (Å²) in [6.07, 6.45) is 0.790. The van der Waals surface area contributed by atoms with E-state index in [0.29, 0.717) is 11.0 Å². The zero-order chi connectivity index (χ0) is 10.7. The first kappa shape index (κ1) is 11.7. The van der Waals surface area contributed by atoms with Crippen molar-refractivity contribution in [1.82, 2.24) is 0 Å². The zero-order valence-corrected chi connectivity index (χ0v) is 10.1. The van der Waals surface area contributed by atoms with Crippen LogP contribution in [0.5, 0.6) is 0 Å². The Balaban J connectivity index is 3.14. The standard InChI is InChI=1S/C11H15BrFN/c1-7(2)9-5-8(3-4-14)6-10(12)11(9)13/h5-7H,3-4,14H2,1-2H3. The molecule has 0 aliphatic rings. The molecule has 0 aliphatic carbocycles. The molecule has 0 aromatic heterocycles. The lowest BCUT2D eigenvalue weighted by Crippen LogP contribution is -2.04. The van der Waals surface area contributed by atoms with E-state index in [2.05, 4.69) is 15.9 Å². The maximum absolute atomic E-state index is 13.6. The van der Waals surface area contributed by atoms with Crippen molar-refractivity contribution in [2.75, 3.05) is 6.54 Å². The zero-order valence-electron chi connectivity index (χ0n) is 8.48. The summed E-state index contributed by atoms with van der Waals surface area (Å²) in [7, 11) is 0. The molecule has 1 aromatic carbocycles. The lowest BCUT2D eigenvalue weighted by atomic mass is 9.99. The molecule has 3 heteroatoms. The van der Waals surface area contributed by atoms with Gasteiger partial charge in [-0.2, -0.15) is 0 Å². The van der Waals surface area contributed by atoms with E-state index in [1.165, 1.54) is 0 Å². The maximum Gasteiger partial charge on any atom is 0.140 e. The summed E-state index contributed by atoms with van der Waals surface area (Å²) in [6, 6.07) is 3.70. The van der Waals surface area contributed by atoms with Crippen molar-refractivity contribution in [2.45, 2.75) is 26.2 Å². The van der Waals surface area contributed by atoms with E-state index < -0.39 is 0 Å². The van der Waals surface area contributed by atoms with Crippen LogP contribution in [0, 0.1) is 5.82 Å². The van der Waals surface area contributed by atoms with E-state index in [9.17, 15) is 4.39 Å². The smallest absolute Gasteiger partial charge is 0.140 e. The van der Waals surface area contributed by atoms with Crippen molar-refractivity contribution in [3.63, 3.8) is 0 Å². The molecular weight excluding hydrogens is 245 g/mol. The molecule has 0 saturated heterocycles. The summed E-state index contributed by atoms with van der Waals surface area (Å²) in [5, 5.41) is 0. The molecule has 0 aliphatic heterocycles. The van der Waals surface area contributed by atoms with Crippen LogP contribution in [-0.2, 0) is 6.42 Å². The molecule has 0 heterocycles. The topological polar surface area (TPSA) is 26.0 Å². The van der Waals surface area contributed by atoms with Crippen LogP contribution in [0.15, 0.2) is 16.6 Å². The van der Waals surface area contributed by atoms with E-state index in [-0.39, 0.29) is 11.7 Å². The van der Waals surface area contributed by atoms with Crippen LogP contribution in [0.2, 0.25) is 0 Å². The molecule has 78 valence electrons. The highest BCUT2D eigenvalue weighted by molar-refractivity contribution is 9.10. The fourth-order valence-electron chi connectivity index (χ4n) is 1.40. The number of benzene rings is 1.